The average molecular weight is 176 g/mol. The lowest BCUT2D eigenvalue weighted by molar-refractivity contribution is 0.251. The van der Waals surface area contributed by atoms with E-state index in [1.165, 1.54) is 31.5 Å². The minimum atomic E-state index is 0.724. The van der Waals surface area contributed by atoms with Crippen molar-refractivity contribution in [1.82, 2.24) is 9.88 Å². The highest BCUT2D eigenvalue weighted by Crippen LogP contribution is 2.25. The molecule has 1 aromatic heterocycles. The summed E-state index contributed by atoms with van der Waals surface area (Å²) in [6.07, 6.45) is 6.44. The maximum absolute atomic E-state index is 4.05. The van der Waals surface area contributed by atoms with Crippen LogP contribution in [-0.4, -0.2) is 30.0 Å². The molecule has 0 radical (unpaired) electrons. The highest BCUT2D eigenvalue weighted by molar-refractivity contribution is 5.16. The van der Waals surface area contributed by atoms with Gasteiger partial charge >= 0.3 is 0 Å². The third-order valence-corrected chi connectivity index (χ3v) is 2.80. The van der Waals surface area contributed by atoms with Gasteiger partial charge in [0, 0.05) is 18.9 Å². The van der Waals surface area contributed by atoms with Gasteiger partial charge in [-0.05, 0) is 50.0 Å². The first-order valence-corrected chi connectivity index (χ1v) is 4.95. The molecule has 70 valence electrons. The van der Waals surface area contributed by atoms with E-state index >= 15 is 0 Å². The van der Waals surface area contributed by atoms with Gasteiger partial charge < -0.3 is 4.90 Å². The molecule has 0 N–H and O–H groups in total. The topological polar surface area (TPSA) is 16.1 Å². The Kier molecular flexibility index (Phi) is 2.60. The molecule has 1 fully saturated rings. The first-order valence-electron chi connectivity index (χ1n) is 4.95. The van der Waals surface area contributed by atoms with E-state index in [4.69, 9.17) is 0 Å². The van der Waals surface area contributed by atoms with Gasteiger partial charge in [0.25, 0.3) is 0 Å². The van der Waals surface area contributed by atoms with Crippen molar-refractivity contribution in [2.45, 2.75) is 18.8 Å². The first-order chi connectivity index (χ1) is 6.36. The summed E-state index contributed by atoms with van der Waals surface area (Å²) in [6, 6.07) is 4.29. The van der Waals surface area contributed by atoms with Gasteiger partial charge in [-0.3, -0.25) is 4.98 Å². The Bertz CT molecular complexity index is 258. The zero-order valence-electron chi connectivity index (χ0n) is 8.11. The molecule has 1 atom stereocenters. The fourth-order valence-corrected chi connectivity index (χ4v) is 2.07. The van der Waals surface area contributed by atoms with Crippen LogP contribution in [0.2, 0.25) is 0 Å². The van der Waals surface area contributed by atoms with Crippen LogP contribution in [0.3, 0.4) is 0 Å². The monoisotopic (exact) mass is 176 g/mol. The smallest absolute Gasteiger partial charge is 0.0270 e. The van der Waals surface area contributed by atoms with Gasteiger partial charge in [-0.15, -0.1) is 0 Å². The third kappa shape index (κ3) is 2.07. The Hall–Kier alpha value is -0.890. The van der Waals surface area contributed by atoms with Crippen LogP contribution in [0.5, 0.6) is 0 Å². The molecule has 0 aromatic carbocycles. The molecule has 13 heavy (non-hydrogen) atoms. The molecule has 1 aliphatic rings. The predicted octanol–water partition coefficient (Wildman–Crippen LogP) is 1.89. The van der Waals surface area contributed by atoms with Gasteiger partial charge in [-0.1, -0.05) is 0 Å². The molecule has 0 saturated carbocycles. The van der Waals surface area contributed by atoms with Gasteiger partial charge in [-0.2, -0.15) is 0 Å². The lowest BCUT2D eigenvalue weighted by Gasteiger charge is -2.29. The quantitative estimate of drug-likeness (QED) is 0.649. The van der Waals surface area contributed by atoms with Crippen LogP contribution >= 0.6 is 0 Å². The molecular formula is C11H16N2. The van der Waals surface area contributed by atoms with Crippen molar-refractivity contribution in [3.05, 3.63) is 30.1 Å². The Morgan fingerprint density at radius 2 is 2.15 bits per heavy atom. The summed E-state index contributed by atoms with van der Waals surface area (Å²) in [5, 5.41) is 0. The number of likely N-dealkylation sites (tertiary alicyclic amines) is 1. The van der Waals surface area contributed by atoms with Crippen molar-refractivity contribution >= 4 is 0 Å². The summed E-state index contributed by atoms with van der Waals surface area (Å²) < 4.78 is 0. The van der Waals surface area contributed by atoms with Crippen LogP contribution in [0.4, 0.5) is 0 Å². The Labute approximate surface area is 79.6 Å². The lowest BCUT2D eigenvalue weighted by atomic mass is 9.92. The van der Waals surface area contributed by atoms with Crippen LogP contribution in [0, 0.1) is 0 Å². The maximum atomic E-state index is 4.05. The van der Waals surface area contributed by atoms with Crippen molar-refractivity contribution in [1.29, 1.82) is 0 Å². The first kappa shape index (κ1) is 8.70. The average Bonchev–Trinajstić information content (AvgIpc) is 2.19. The van der Waals surface area contributed by atoms with E-state index in [9.17, 15) is 0 Å². The van der Waals surface area contributed by atoms with Crippen LogP contribution in [0.25, 0.3) is 0 Å². The van der Waals surface area contributed by atoms with Crippen molar-refractivity contribution in [2.75, 3.05) is 20.1 Å². The number of pyridine rings is 1. The normalized spacial score (nSPS) is 24.5. The van der Waals surface area contributed by atoms with E-state index < -0.39 is 0 Å². The molecule has 0 spiro atoms. The van der Waals surface area contributed by atoms with Crippen molar-refractivity contribution < 1.29 is 0 Å². The predicted molar refractivity (Wildman–Crippen MR) is 53.7 cm³/mol. The second-order valence-electron chi connectivity index (χ2n) is 3.88. The van der Waals surface area contributed by atoms with Gasteiger partial charge in [-0.25, -0.2) is 0 Å². The molecule has 1 saturated heterocycles. The highest BCUT2D eigenvalue weighted by atomic mass is 15.1. The molecule has 2 rings (SSSR count). The summed E-state index contributed by atoms with van der Waals surface area (Å²) in [5.41, 5.74) is 1.45. The largest absolute Gasteiger partial charge is 0.306 e. The van der Waals surface area contributed by atoms with Gasteiger partial charge in [0.2, 0.25) is 0 Å². The zero-order chi connectivity index (χ0) is 9.10. The molecule has 1 aliphatic heterocycles. The van der Waals surface area contributed by atoms with E-state index in [1.807, 2.05) is 12.4 Å². The molecule has 1 aromatic rings. The molecule has 2 heteroatoms. The van der Waals surface area contributed by atoms with E-state index in [0.29, 0.717) is 0 Å². The number of likely N-dealkylation sites (N-methyl/N-ethyl adjacent to an activating group) is 1. The SMILES string of the molecule is CN1CCCC(c2ccncc2)C1. The molecule has 0 aliphatic carbocycles. The lowest BCUT2D eigenvalue weighted by Crippen LogP contribution is -2.30. The van der Waals surface area contributed by atoms with Crippen molar-refractivity contribution in [3.63, 3.8) is 0 Å². The molecule has 0 bridgehead atoms. The summed E-state index contributed by atoms with van der Waals surface area (Å²) in [7, 11) is 2.20. The Morgan fingerprint density at radius 3 is 2.85 bits per heavy atom. The minimum absolute atomic E-state index is 0.724. The third-order valence-electron chi connectivity index (χ3n) is 2.80. The molecule has 1 unspecified atom stereocenters. The number of aromatic nitrogens is 1. The Morgan fingerprint density at radius 1 is 1.38 bits per heavy atom. The minimum Gasteiger partial charge on any atom is -0.306 e. The number of hydrogen-bond donors (Lipinski definition) is 0. The van der Waals surface area contributed by atoms with Crippen LogP contribution in [0.15, 0.2) is 24.5 Å². The second kappa shape index (κ2) is 3.88. The fraction of sp³-hybridized carbons (Fsp3) is 0.545. The van der Waals surface area contributed by atoms with Crippen molar-refractivity contribution in [3.8, 4) is 0 Å². The molecular weight excluding hydrogens is 160 g/mol. The summed E-state index contributed by atoms with van der Waals surface area (Å²) in [5.74, 6) is 0.724. The number of nitrogens with zero attached hydrogens (tertiary/aromatic N) is 2. The van der Waals surface area contributed by atoms with Gasteiger partial charge in [0.1, 0.15) is 0 Å². The fourth-order valence-electron chi connectivity index (χ4n) is 2.07. The molecule has 2 nitrogen and oxygen atoms in total. The Balaban J connectivity index is 2.08. The second-order valence-corrected chi connectivity index (χ2v) is 3.88. The van der Waals surface area contributed by atoms with Crippen LogP contribution < -0.4 is 0 Å². The highest BCUT2D eigenvalue weighted by Gasteiger charge is 2.18. The summed E-state index contributed by atoms with van der Waals surface area (Å²) >= 11 is 0. The van der Waals surface area contributed by atoms with Gasteiger partial charge in [0.05, 0.1) is 0 Å². The van der Waals surface area contributed by atoms with E-state index in [0.717, 1.165) is 5.92 Å². The van der Waals surface area contributed by atoms with E-state index in [2.05, 4.69) is 29.1 Å². The number of hydrogen-bond acceptors (Lipinski definition) is 2. The number of rotatable bonds is 1. The summed E-state index contributed by atoms with van der Waals surface area (Å²) in [4.78, 5) is 6.46. The standard InChI is InChI=1S/C11H16N2/c1-13-8-2-3-11(9-13)10-4-6-12-7-5-10/h4-7,11H,2-3,8-9H2,1H3. The van der Waals surface area contributed by atoms with Crippen LogP contribution in [-0.2, 0) is 0 Å². The van der Waals surface area contributed by atoms with E-state index in [1.54, 1.807) is 0 Å². The van der Waals surface area contributed by atoms with E-state index in [-0.39, 0.29) is 0 Å². The van der Waals surface area contributed by atoms with Crippen LogP contribution in [0.1, 0.15) is 24.3 Å². The zero-order valence-corrected chi connectivity index (χ0v) is 8.11. The number of piperidine rings is 1. The van der Waals surface area contributed by atoms with Crippen molar-refractivity contribution in [2.24, 2.45) is 0 Å². The maximum Gasteiger partial charge on any atom is 0.0270 e. The van der Waals surface area contributed by atoms with Gasteiger partial charge in [0.15, 0.2) is 0 Å². The summed E-state index contributed by atoms with van der Waals surface area (Å²) in [6.45, 7) is 2.45. The molecule has 0 amide bonds. The molecule has 2 heterocycles.